The van der Waals surface area contributed by atoms with E-state index < -0.39 is 0 Å². The Labute approximate surface area is 149 Å². The zero-order valence-electron chi connectivity index (χ0n) is 15.3. The molecule has 6 aliphatic rings. The minimum absolute atomic E-state index is 0.0873. The normalized spacial score (nSPS) is 49.7. The Bertz CT molecular complexity index is 855. The van der Waals surface area contributed by atoms with Crippen LogP contribution in [0.2, 0.25) is 0 Å². The van der Waals surface area contributed by atoms with Crippen molar-refractivity contribution in [2.75, 3.05) is 0 Å². The molecule has 25 heavy (non-hydrogen) atoms. The summed E-state index contributed by atoms with van der Waals surface area (Å²) in [5, 5.41) is 0. The van der Waals surface area contributed by atoms with E-state index in [-0.39, 0.29) is 16.2 Å². The Balaban J connectivity index is 1.57. The summed E-state index contributed by atoms with van der Waals surface area (Å²) in [7, 11) is 0. The molecule has 0 radical (unpaired) electrons. The van der Waals surface area contributed by atoms with Crippen molar-refractivity contribution >= 4 is 11.6 Å². The summed E-state index contributed by atoms with van der Waals surface area (Å²) in [4.78, 5) is 25.2. The molecule has 2 fully saturated rings. The molecule has 130 valence electrons. The molecular formula is C23H26O2. The topological polar surface area (TPSA) is 34.1 Å². The van der Waals surface area contributed by atoms with Crippen LogP contribution in [0.4, 0.5) is 0 Å². The molecule has 2 heteroatoms. The molecular weight excluding hydrogens is 308 g/mol. The van der Waals surface area contributed by atoms with Crippen molar-refractivity contribution in [2.24, 2.45) is 28.1 Å². The van der Waals surface area contributed by atoms with Crippen LogP contribution in [-0.2, 0) is 9.59 Å². The Hall–Kier alpha value is -1.44. The first-order chi connectivity index (χ1) is 11.9. The van der Waals surface area contributed by atoms with Gasteiger partial charge in [-0.2, -0.15) is 0 Å². The molecule has 3 unspecified atom stereocenters. The molecule has 0 bridgehead atoms. The second kappa shape index (κ2) is 4.10. The van der Waals surface area contributed by atoms with Gasteiger partial charge in [0.15, 0.2) is 5.78 Å². The first-order valence-electron chi connectivity index (χ1n) is 10.1. The van der Waals surface area contributed by atoms with Crippen LogP contribution in [0.15, 0.2) is 34.4 Å². The SMILES string of the molecule is CC12CCC(=O)C=C1C1CC1C1=C2CC[C@@]23C(=O)CC[C@]2(C)CC=C13. The van der Waals surface area contributed by atoms with Gasteiger partial charge in [-0.3, -0.25) is 9.59 Å². The molecule has 5 atom stereocenters. The van der Waals surface area contributed by atoms with Crippen molar-refractivity contribution in [3.63, 3.8) is 0 Å². The van der Waals surface area contributed by atoms with Crippen molar-refractivity contribution in [3.8, 4) is 0 Å². The minimum Gasteiger partial charge on any atom is -0.299 e. The lowest BCUT2D eigenvalue weighted by atomic mass is 9.52. The lowest BCUT2D eigenvalue weighted by Crippen LogP contribution is -2.44. The van der Waals surface area contributed by atoms with Gasteiger partial charge in [-0.05, 0) is 73.0 Å². The molecule has 0 saturated heterocycles. The quantitative estimate of drug-likeness (QED) is 0.643. The summed E-state index contributed by atoms with van der Waals surface area (Å²) in [6, 6.07) is 0. The van der Waals surface area contributed by atoms with Crippen LogP contribution in [0.1, 0.15) is 65.2 Å². The highest BCUT2D eigenvalue weighted by Gasteiger charge is 2.67. The molecule has 0 aliphatic heterocycles. The van der Waals surface area contributed by atoms with Crippen molar-refractivity contribution < 1.29 is 9.59 Å². The average Bonchev–Trinajstić information content (AvgIpc) is 3.27. The number of ketones is 2. The third-order valence-electron chi connectivity index (χ3n) is 9.04. The van der Waals surface area contributed by atoms with E-state index in [2.05, 4.69) is 19.9 Å². The van der Waals surface area contributed by atoms with E-state index in [1.54, 1.807) is 11.1 Å². The molecule has 2 saturated carbocycles. The van der Waals surface area contributed by atoms with Gasteiger partial charge in [0.2, 0.25) is 0 Å². The van der Waals surface area contributed by atoms with Crippen molar-refractivity contribution in [3.05, 3.63) is 34.4 Å². The fourth-order valence-electron chi connectivity index (χ4n) is 7.55. The van der Waals surface area contributed by atoms with E-state index in [1.165, 1.54) is 17.6 Å². The smallest absolute Gasteiger partial charge is 0.155 e. The number of carbonyl (C=O) groups excluding carboxylic acids is 2. The van der Waals surface area contributed by atoms with Crippen molar-refractivity contribution in [1.82, 2.24) is 0 Å². The molecule has 6 rings (SSSR count). The van der Waals surface area contributed by atoms with Gasteiger partial charge in [0, 0.05) is 18.3 Å². The van der Waals surface area contributed by atoms with Gasteiger partial charge < -0.3 is 0 Å². The highest BCUT2D eigenvalue weighted by molar-refractivity contribution is 5.95. The van der Waals surface area contributed by atoms with Crippen LogP contribution in [-0.4, -0.2) is 11.6 Å². The molecule has 0 aromatic heterocycles. The maximum atomic E-state index is 13.1. The average molecular weight is 334 g/mol. The molecule has 0 amide bonds. The van der Waals surface area contributed by atoms with E-state index in [0.29, 0.717) is 29.8 Å². The van der Waals surface area contributed by atoms with Crippen LogP contribution in [0.5, 0.6) is 0 Å². The molecule has 0 N–H and O–H groups in total. The highest BCUT2D eigenvalue weighted by atomic mass is 16.1. The number of fused-ring (bicyclic) bond motifs is 6. The Kier molecular flexibility index (Phi) is 2.41. The molecule has 1 spiro atoms. The van der Waals surface area contributed by atoms with Crippen LogP contribution < -0.4 is 0 Å². The predicted octanol–water partition coefficient (Wildman–Crippen LogP) is 4.71. The monoisotopic (exact) mass is 334 g/mol. The lowest BCUT2D eigenvalue weighted by molar-refractivity contribution is -0.127. The Morgan fingerprint density at radius 1 is 1.00 bits per heavy atom. The van der Waals surface area contributed by atoms with E-state index >= 15 is 0 Å². The van der Waals surface area contributed by atoms with Gasteiger partial charge in [-0.1, -0.05) is 31.1 Å². The summed E-state index contributed by atoms with van der Waals surface area (Å²) in [5.74, 6) is 2.02. The molecule has 2 nitrogen and oxygen atoms in total. The highest BCUT2D eigenvalue weighted by Crippen LogP contribution is 2.74. The van der Waals surface area contributed by atoms with Crippen LogP contribution in [0.25, 0.3) is 0 Å². The van der Waals surface area contributed by atoms with E-state index in [4.69, 9.17) is 0 Å². The second-order valence-electron chi connectivity index (χ2n) is 9.95. The zero-order chi connectivity index (χ0) is 17.2. The number of hydrogen-bond donors (Lipinski definition) is 0. The van der Waals surface area contributed by atoms with E-state index in [0.717, 1.165) is 38.5 Å². The first-order valence-corrected chi connectivity index (χ1v) is 10.1. The zero-order valence-corrected chi connectivity index (χ0v) is 15.3. The number of allylic oxidation sites excluding steroid dienone is 6. The second-order valence-corrected chi connectivity index (χ2v) is 9.95. The number of carbonyl (C=O) groups is 2. The Morgan fingerprint density at radius 2 is 1.84 bits per heavy atom. The summed E-state index contributed by atoms with van der Waals surface area (Å²) in [6.45, 7) is 4.75. The maximum absolute atomic E-state index is 13.1. The number of rotatable bonds is 0. The lowest BCUT2D eigenvalue weighted by Gasteiger charge is -2.50. The first kappa shape index (κ1) is 14.7. The Morgan fingerprint density at radius 3 is 2.68 bits per heavy atom. The molecule has 0 aromatic carbocycles. The number of hydrogen-bond acceptors (Lipinski definition) is 2. The third-order valence-corrected chi connectivity index (χ3v) is 9.04. The fraction of sp³-hybridized carbons (Fsp3) is 0.652. The molecule has 6 aliphatic carbocycles. The summed E-state index contributed by atoms with van der Waals surface area (Å²) >= 11 is 0. The van der Waals surface area contributed by atoms with Crippen LogP contribution in [0, 0.1) is 28.1 Å². The van der Waals surface area contributed by atoms with Gasteiger partial charge in [-0.25, -0.2) is 0 Å². The largest absolute Gasteiger partial charge is 0.299 e. The van der Waals surface area contributed by atoms with Gasteiger partial charge in [-0.15, -0.1) is 0 Å². The summed E-state index contributed by atoms with van der Waals surface area (Å²) in [6.07, 6.45) is 12.3. The van der Waals surface area contributed by atoms with Crippen molar-refractivity contribution in [1.29, 1.82) is 0 Å². The minimum atomic E-state index is -0.166. The summed E-state index contributed by atoms with van der Waals surface area (Å²) in [5.41, 5.74) is 6.16. The van der Waals surface area contributed by atoms with Crippen LogP contribution in [0.3, 0.4) is 0 Å². The van der Waals surface area contributed by atoms with E-state index in [1.807, 2.05) is 6.08 Å². The van der Waals surface area contributed by atoms with Crippen molar-refractivity contribution in [2.45, 2.75) is 65.2 Å². The van der Waals surface area contributed by atoms with Gasteiger partial charge in [0.1, 0.15) is 5.78 Å². The fourth-order valence-corrected chi connectivity index (χ4v) is 7.55. The number of Topliss-reactive ketones (excluding diaryl/α,β-unsaturated/α-hetero) is 1. The predicted molar refractivity (Wildman–Crippen MR) is 95.8 cm³/mol. The maximum Gasteiger partial charge on any atom is 0.155 e. The molecule has 0 heterocycles. The van der Waals surface area contributed by atoms with Gasteiger partial charge >= 0.3 is 0 Å². The summed E-state index contributed by atoms with van der Waals surface area (Å²) < 4.78 is 0. The third kappa shape index (κ3) is 1.43. The van der Waals surface area contributed by atoms with Gasteiger partial charge in [0.05, 0.1) is 5.41 Å². The van der Waals surface area contributed by atoms with Crippen LogP contribution >= 0.6 is 0 Å². The molecule has 0 aromatic rings. The standard InChI is InChI=1S/C23H26O2/c1-21-7-4-17-20-15-12-14(15)18-11-13(24)3-9-22(18,2)16(20)5-10-23(17,21)19(25)6-8-21/h4,11,14-15H,3,5-10,12H2,1-2H3/t14?,15?,21-,22?,23+/m0/s1. The van der Waals surface area contributed by atoms with E-state index in [9.17, 15) is 9.59 Å². The van der Waals surface area contributed by atoms with Gasteiger partial charge in [0.25, 0.3) is 0 Å².